The van der Waals surface area contributed by atoms with Crippen molar-refractivity contribution in [2.45, 2.75) is 32.6 Å². The van der Waals surface area contributed by atoms with Crippen LogP contribution >= 0.6 is 23.2 Å². The van der Waals surface area contributed by atoms with Crippen molar-refractivity contribution >= 4 is 40.8 Å². The molecule has 1 aliphatic rings. The summed E-state index contributed by atoms with van der Waals surface area (Å²) < 4.78 is 5.07. The van der Waals surface area contributed by atoms with E-state index in [9.17, 15) is 9.59 Å². The minimum absolute atomic E-state index is 0.145. The average Bonchev–Trinajstić information content (AvgIpc) is 3.08. The number of fused-ring (bicyclic) bond motifs is 1. The molecule has 2 aromatic carbocycles. The van der Waals surface area contributed by atoms with Crippen LogP contribution in [0.15, 0.2) is 30.3 Å². The third-order valence-electron chi connectivity index (χ3n) is 4.42. The van der Waals surface area contributed by atoms with Crippen LogP contribution in [0.2, 0.25) is 10.0 Å². The number of anilines is 1. The summed E-state index contributed by atoms with van der Waals surface area (Å²) in [5.74, 6) is -0.929. The maximum atomic E-state index is 12.0. The zero-order valence-corrected chi connectivity index (χ0v) is 15.9. The zero-order valence-electron chi connectivity index (χ0n) is 14.4. The number of carbonyl (C=O) groups excluding carboxylic acids is 2. The summed E-state index contributed by atoms with van der Waals surface area (Å²) >= 11 is 12.2. The number of aryl methyl sites for hydroxylation is 3. The molecular weight excluding hydrogens is 373 g/mol. The minimum Gasteiger partial charge on any atom is -0.455 e. The molecule has 0 aromatic heterocycles. The lowest BCUT2D eigenvalue weighted by Gasteiger charge is -2.11. The fourth-order valence-electron chi connectivity index (χ4n) is 3.05. The van der Waals surface area contributed by atoms with E-state index >= 15 is 0 Å². The van der Waals surface area contributed by atoms with Gasteiger partial charge in [-0.25, -0.2) is 0 Å². The van der Waals surface area contributed by atoms with E-state index in [1.807, 2.05) is 13.0 Å². The maximum Gasteiger partial charge on any atom is 0.310 e. The van der Waals surface area contributed by atoms with Gasteiger partial charge in [-0.1, -0.05) is 47.5 Å². The van der Waals surface area contributed by atoms with Gasteiger partial charge in [-0.3, -0.25) is 9.59 Å². The first-order valence-corrected chi connectivity index (χ1v) is 9.20. The number of esters is 1. The van der Waals surface area contributed by atoms with Gasteiger partial charge in [-0.2, -0.15) is 0 Å². The number of ether oxygens (including phenoxy) is 1. The van der Waals surface area contributed by atoms with Gasteiger partial charge < -0.3 is 10.1 Å². The van der Waals surface area contributed by atoms with E-state index in [2.05, 4.69) is 17.4 Å². The van der Waals surface area contributed by atoms with E-state index in [4.69, 9.17) is 27.9 Å². The van der Waals surface area contributed by atoms with Crippen molar-refractivity contribution in [1.29, 1.82) is 0 Å². The highest BCUT2D eigenvalue weighted by molar-refractivity contribution is 6.40. The number of hydrogen-bond acceptors (Lipinski definition) is 3. The molecule has 0 bridgehead atoms. The Kier molecular flexibility index (Phi) is 5.84. The topological polar surface area (TPSA) is 55.4 Å². The van der Waals surface area contributed by atoms with Crippen molar-refractivity contribution in [3.8, 4) is 0 Å². The monoisotopic (exact) mass is 391 g/mol. The zero-order chi connectivity index (χ0) is 18.7. The predicted molar refractivity (Wildman–Crippen MR) is 103 cm³/mol. The van der Waals surface area contributed by atoms with Gasteiger partial charge in [0.2, 0.25) is 0 Å². The van der Waals surface area contributed by atoms with Gasteiger partial charge in [0.05, 0.1) is 22.2 Å². The van der Waals surface area contributed by atoms with Crippen LogP contribution in [0.5, 0.6) is 0 Å². The Hall–Kier alpha value is -2.04. The molecule has 0 unspecified atom stereocenters. The summed E-state index contributed by atoms with van der Waals surface area (Å²) in [7, 11) is 0. The van der Waals surface area contributed by atoms with Crippen LogP contribution in [0.4, 0.5) is 5.69 Å². The molecule has 0 radical (unpaired) electrons. The van der Waals surface area contributed by atoms with Crippen LogP contribution in [0, 0.1) is 6.92 Å². The lowest BCUT2D eigenvalue weighted by molar-refractivity contribution is -0.146. The van der Waals surface area contributed by atoms with Crippen LogP contribution in [0.1, 0.15) is 28.7 Å². The summed E-state index contributed by atoms with van der Waals surface area (Å²) in [5, 5.41) is 3.30. The molecule has 0 aliphatic heterocycles. The maximum absolute atomic E-state index is 12.0. The van der Waals surface area contributed by atoms with Crippen molar-refractivity contribution in [3.05, 3.63) is 62.6 Å². The molecule has 4 nitrogen and oxygen atoms in total. The van der Waals surface area contributed by atoms with Crippen LogP contribution in [-0.2, 0) is 33.6 Å². The van der Waals surface area contributed by atoms with E-state index in [0.717, 1.165) is 30.4 Å². The van der Waals surface area contributed by atoms with E-state index in [1.165, 1.54) is 11.1 Å². The average molecular weight is 392 g/mol. The first-order chi connectivity index (χ1) is 12.4. The third kappa shape index (κ3) is 4.37. The predicted octanol–water partition coefficient (Wildman–Crippen LogP) is 4.51. The first-order valence-electron chi connectivity index (χ1n) is 8.45. The lowest BCUT2D eigenvalue weighted by atomic mass is 10.0. The Bertz CT molecular complexity index is 864. The molecule has 0 atom stereocenters. The second kappa shape index (κ2) is 8.11. The van der Waals surface area contributed by atoms with Crippen LogP contribution in [0.25, 0.3) is 0 Å². The summed E-state index contributed by atoms with van der Waals surface area (Å²) in [4.78, 5) is 24.0. The molecule has 0 saturated carbocycles. The molecule has 2 aromatic rings. The quantitative estimate of drug-likeness (QED) is 0.762. The van der Waals surface area contributed by atoms with Gasteiger partial charge in [0.25, 0.3) is 5.91 Å². The number of amides is 1. The Balaban J connectivity index is 1.53. The highest BCUT2D eigenvalue weighted by atomic mass is 35.5. The van der Waals surface area contributed by atoms with Crippen LogP contribution in [0.3, 0.4) is 0 Å². The fourth-order valence-corrected chi connectivity index (χ4v) is 3.51. The van der Waals surface area contributed by atoms with E-state index in [-0.39, 0.29) is 13.0 Å². The number of nitrogens with one attached hydrogen (secondary N) is 1. The molecule has 1 N–H and O–H groups in total. The van der Waals surface area contributed by atoms with Gasteiger partial charge in [0.1, 0.15) is 0 Å². The van der Waals surface area contributed by atoms with Crippen molar-refractivity contribution < 1.29 is 14.3 Å². The second-order valence-electron chi connectivity index (χ2n) is 6.40. The molecule has 136 valence electrons. The molecule has 0 saturated heterocycles. The molecule has 1 aliphatic carbocycles. The van der Waals surface area contributed by atoms with Gasteiger partial charge in [-0.05, 0) is 54.5 Å². The third-order valence-corrected chi connectivity index (χ3v) is 5.23. The number of rotatable bonds is 5. The molecule has 0 heterocycles. The molecule has 6 heteroatoms. The Morgan fingerprint density at radius 2 is 1.88 bits per heavy atom. The van der Waals surface area contributed by atoms with E-state index in [1.54, 1.807) is 12.1 Å². The Morgan fingerprint density at radius 1 is 1.12 bits per heavy atom. The smallest absolute Gasteiger partial charge is 0.310 e. The minimum atomic E-state index is -0.485. The number of hydrogen-bond donors (Lipinski definition) is 1. The van der Waals surface area contributed by atoms with Crippen molar-refractivity contribution in [3.63, 3.8) is 0 Å². The van der Waals surface area contributed by atoms with Crippen molar-refractivity contribution in [1.82, 2.24) is 0 Å². The molecule has 26 heavy (non-hydrogen) atoms. The Morgan fingerprint density at radius 3 is 2.69 bits per heavy atom. The number of carbonyl (C=O) groups is 2. The largest absolute Gasteiger partial charge is 0.455 e. The normalized spacial score (nSPS) is 12.6. The van der Waals surface area contributed by atoms with Gasteiger partial charge in [-0.15, -0.1) is 0 Å². The highest BCUT2D eigenvalue weighted by Gasteiger charge is 2.15. The molecular formula is C20H19Cl2NO3. The molecule has 0 spiro atoms. The van der Waals surface area contributed by atoms with E-state index in [0.29, 0.717) is 15.7 Å². The van der Waals surface area contributed by atoms with E-state index < -0.39 is 11.9 Å². The fraction of sp³-hybridized carbons (Fsp3) is 0.300. The van der Waals surface area contributed by atoms with Crippen LogP contribution < -0.4 is 5.32 Å². The standard InChI is InChI=1S/C20H19Cl2NO3/c1-12-5-8-16(21)20(19(12)22)23-17(24)11-26-18(25)10-13-6-7-14-3-2-4-15(14)9-13/h5-9H,2-4,10-11H2,1H3,(H,23,24). The van der Waals surface area contributed by atoms with Crippen LogP contribution in [-0.4, -0.2) is 18.5 Å². The lowest BCUT2D eigenvalue weighted by Crippen LogP contribution is -2.22. The SMILES string of the molecule is Cc1ccc(Cl)c(NC(=O)COC(=O)Cc2ccc3c(c2)CCC3)c1Cl. The number of halogens is 2. The second-order valence-corrected chi connectivity index (χ2v) is 7.18. The van der Waals surface area contributed by atoms with Crippen molar-refractivity contribution in [2.75, 3.05) is 11.9 Å². The Labute approximate surface area is 162 Å². The number of benzene rings is 2. The summed E-state index contributed by atoms with van der Waals surface area (Å²) in [6, 6.07) is 9.47. The molecule has 0 fully saturated rings. The summed E-state index contributed by atoms with van der Waals surface area (Å²) in [6.45, 7) is 1.43. The van der Waals surface area contributed by atoms with Gasteiger partial charge in [0, 0.05) is 0 Å². The molecule has 1 amide bonds. The highest BCUT2D eigenvalue weighted by Crippen LogP contribution is 2.32. The summed E-state index contributed by atoms with van der Waals surface area (Å²) in [6.07, 6.45) is 3.46. The summed E-state index contributed by atoms with van der Waals surface area (Å²) in [5.41, 5.74) is 4.68. The first kappa shape index (κ1) is 18.7. The molecule has 3 rings (SSSR count). The van der Waals surface area contributed by atoms with Crippen molar-refractivity contribution in [2.24, 2.45) is 0 Å². The van der Waals surface area contributed by atoms with Gasteiger partial charge in [0.15, 0.2) is 6.61 Å². The van der Waals surface area contributed by atoms with Gasteiger partial charge >= 0.3 is 5.97 Å².